The first-order valence-corrected chi connectivity index (χ1v) is 11.6. The Balaban J connectivity index is 1.49. The first-order valence-electron chi connectivity index (χ1n) is 8.56. The van der Waals surface area contributed by atoms with Crippen molar-refractivity contribution in [2.24, 2.45) is 0 Å². The number of aryl methyl sites for hydroxylation is 2. The maximum atomic E-state index is 12.4. The van der Waals surface area contributed by atoms with Crippen molar-refractivity contribution in [2.75, 3.05) is 17.3 Å². The van der Waals surface area contributed by atoms with Crippen LogP contribution >= 0.6 is 34.9 Å². The van der Waals surface area contributed by atoms with Gasteiger partial charge in [0, 0.05) is 20.8 Å². The third kappa shape index (κ3) is 3.75. The van der Waals surface area contributed by atoms with Gasteiger partial charge in [-0.25, -0.2) is 9.97 Å². The van der Waals surface area contributed by atoms with Gasteiger partial charge in [0.05, 0.1) is 5.75 Å². The lowest BCUT2D eigenvalue weighted by atomic mass is 9.97. The molecular formula is C19H19N3OS3. The van der Waals surface area contributed by atoms with E-state index in [4.69, 9.17) is 0 Å². The van der Waals surface area contributed by atoms with Crippen LogP contribution in [0.2, 0.25) is 0 Å². The first kappa shape index (κ1) is 17.8. The Bertz CT molecular complexity index is 954. The van der Waals surface area contributed by atoms with Gasteiger partial charge in [0.15, 0.2) is 0 Å². The molecule has 0 spiro atoms. The quantitative estimate of drug-likeness (QED) is 0.480. The number of fused-ring (bicyclic) bond motifs is 3. The molecule has 0 saturated heterocycles. The van der Waals surface area contributed by atoms with Gasteiger partial charge in [-0.3, -0.25) is 4.79 Å². The Morgan fingerprint density at radius 2 is 2.15 bits per heavy atom. The van der Waals surface area contributed by atoms with Gasteiger partial charge in [0.2, 0.25) is 5.91 Å². The molecule has 1 aliphatic carbocycles. The van der Waals surface area contributed by atoms with Crippen molar-refractivity contribution < 1.29 is 4.79 Å². The molecule has 1 aliphatic rings. The van der Waals surface area contributed by atoms with Crippen molar-refractivity contribution >= 4 is 56.7 Å². The van der Waals surface area contributed by atoms with Gasteiger partial charge in [-0.2, -0.15) is 0 Å². The lowest BCUT2D eigenvalue weighted by Gasteiger charge is -2.11. The van der Waals surface area contributed by atoms with E-state index >= 15 is 0 Å². The van der Waals surface area contributed by atoms with Crippen LogP contribution in [0.15, 0.2) is 40.5 Å². The number of amides is 1. The number of anilines is 1. The van der Waals surface area contributed by atoms with E-state index in [1.165, 1.54) is 40.4 Å². The lowest BCUT2D eigenvalue weighted by molar-refractivity contribution is -0.113. The standard InChI is InChI=1S/C19H19N3OS3/c1-24-13-6-4-5-12(9-13)22-16(23)10-25-18-17-14-7-2-3-8-15(14)26-19(17)21-11-20-18/h4-6,9,11H,2-3,7-8,10H2,1H3,(H,22,23). The molecule has 1 amide bonds. The van der Waals surface area contributed by atoms with E-state index in [0.29, 0.717) is 5.75 Å². The minimum Gasteiger partial charge on any atom is -0.325 e. The van der Waals surface area contributed by atoms with Gasteiger partial charge in [-0.05, 0) is 55.7 Å². The zero-order valence-corrected chi connectivity index (χ0v) is 16.9. The third-order valence-corrected chi connectivity index (χ3v) is 7.32. The van der Waals surface area contributed by atoms with Crippen LogP contribution in [0.1, 0.15) is 23.3 Å². The normalized spacial score (nSPS) is 13.6. The maximum Gasteiger partial charge on any atom is 0.234 e. The number of hydrogen-bond acceptors (Lipinski definition) is 6. The van der Waals surface area contributed by atoms with E-state index < -0.39 is 0 Å². The first-order chi connectivity index (χ1) is 12.7. The molecular weight excluding hydrogens is 382 g/mol. The van der Waals surface area contributed by atoms with E-state index in [9.17, 15) is 4.79 Å². The summed E-state index contributed by atoms with van der Waals surface area (Å²) in [7, 11) is 0. The van der Waals surface area contributed by atoms with Crippen LogP contribution < -0.4 is 5.32 Å². The van der Waals surface area contributed by atoms with Crippen LogP contribution in [0.25, 0.3) is 10.2 Å². The Morgan fingerprint density at radius 1 is 1.27 bits per heavy atom. The molecule has 134 valence electrons. The minimum atomic E-state index is -0.0101. The summed E-state index contributed by atoms with van der Waals surface area (Å²) < 4.78 is 0. The Morgan fingerprint density at radius 3 is 3.04 bits per heavy atom. The molecule has 2 heterocycles. The number of nitrogens with one attached hydrogen (secondary N) is 1. The minimum absolute atomic E-state index is 0.0101. The number of benzene rings is 1. The van der Waals surface area contributed by atoms with Crippen molar-refractivity contribution in [3.05, 3.63) is 41.0 Å². The molecule has 0 aliphatic heterocycles. The smallest absolute Gasteiger partial charge is 0.234 e. The molecule has 4 nitrogen and oxygen atoms in total. The lowest BCUT2D eigenvalue weighted by Crippen LogP contribution is -2.14. The number of rotatable bonds is 5. The highest BCUT2D eigenvalue weighted by atomic mass is 32.2. The zero-order valence-electron chi connectivity index (χ0n) is 14.4. The maximum absolute atomic E-state index is 12.4. The number of thioether (sulfide) groups is 2. The summed E-state index contributed by atoms with van der Waals surface area (Å²) in [6.07, 6.45) is 8.37. The zero-order chi connectivity index (χ0) is 17.9. The predicted octanol–water partition coefficient (Wildman–Crippen LogP) is 5.02. The van der Waals surface area contributed by atoms with Crippen molar-refractivity contribution in [1.29, 1.82) is 0 Å². The summed E-state index contributed by atoms with van der Waals surface area (Å²) in [4.78, 5) is 24.9. The number of thiophene rings is 1. The van der Waals surface area contributed by atoms with Crippen molar-refractivity contribution in [3.63, 3.8) is 0 Å². The van der Waals surface area contributed by atoms with Gasteiger partial charge in [0.1, 0.15) is 16.2 Å². The van der Waals surface area contributed by atoms with Gasteiger partial charge in [0.25, 0.3) is 0 Å². The molecule has 0 bridgehead atoms. The van der Waals surface area contributed by atoms with Gasteiger partial charge < -0.3 is 5.32 Å². The van der Waals surface area contributed by atoms with Crippen LogP contribution in [-0.2, 0) is 17.6 Å². The van der Waals surface area contributed by atoms with E-state index in [1.807, 2.05) is 30.5 Å². The van der Waals surface area contributed by atoms with Crippen LogP contribution in [-0.4, -0.2) is 27.9 Å². The second kappa shape index (κ2) is 7.98. The van der Waals surface area contributed by atoms with Gasteiger partial charge in [-0.1, -0.05) is 17.8 Å². The molecule has 26 heavy (non-hydrogen) atoms. The molecule has 2 aromatic heterocycles. The molecule has 1 N–H and O–H groups in total. The Hall–Kier alpha value is -1.57. The van der Waals surface area contributed by atoms with E-state index in [0.717, 1.165) is 33.3 Å². The second-order valence-electron chi connectivity index (χ2n) is 6.14. The summed E-state index contributed by atoms with van der Waals surface area (Å²) in [5.74, 6) is 0.337. The molecule has 4 rings (SSSR count). The summed E-state index contributed by atoms with van der Waals surface area (Å²) in [6.45, 7) is 0. The van der Waals surface area contributed by atoms with Crippen LogP contribution in [0.4, 0.5) is 5.69 Å². The highest BCUT2D eigenvalue weighted by Crippen LogP contribution is 2.39. The number of nitrogens with zero attached hydrogens (tertiary/aromatic N) is 2. The predicted molar refractivity (Wildman–Crippen MR) is 112 cm³/mol. The molecule has 7 heteroatoms. The third-order valence-electron chi connectivity index (χ3n) is 4.41. The molecule has 0 fully saturated rings. The van der Waals surface area contributed by atoms with Crippen molar-refractivity contribution in [3.8, 4) is 0 Å². The highest BCUT2D eigenvalue weighted by Gasteiger charge is 2.20. The number of carbonyl (C=O) groups is 1. The fraction of sp³-hybridized carbons (Fsp3) is 0.316. The van der Waals surface area contributed by atoms with E-state index in [1.54, 1.807) is 29.4 Å². The largest absolute Gasteiger partial charge is 0.325 e. The topological polar surface area (TPSA) is 54.9 Å². The van der Waals surface area contributed by atoms with E-state index in [-0.39, 0.29) is 5.91 Å². The molecule has 0 atom stereocenters. The molecule has 0 saturated carbocycles. The molecule has 0 radical (unpaired) electrons. The van der Waals surface area contributed by atoms with Crippen molar-refractivity contribution in [2.45, 2.75) is 35.6 Å². The van der Waals surface area contributed by atoms with Crippen LogP contribution in [0, 0.1) is 0 Å². The number of carbonyl (C=O) groups excluding carboxylic acids is 1. The monoisotopic (exact) mass is 401 g/mol. The highest BCUT2D eigenvalue weighted by molar-refractivity contribution is 8.00. The SMILES string of the molecule is CSc1cccc(NC(=O)CSc2ncnc3sc4c(c23)CCCC4)c1. The fourth-order valence-corrected chi connectivity index (χ4v) is 5.78. The molecule has 1 aromatic carbocycles. The van der Waals surface area contributed by atoms with Crippen molar-refractivity contribution in [1.82, 2.24) is 9.97 Å². The van der Waals surface area contributed by atoms with Crippen LogP contribution in [0.5, 0.6) is 0 Å². The Kier molecular flexibility index (Phi) is 5.47. The van der Waals surface area contributed by atoms with Gasteiger partial charge >= 0.3 is 0 Å². The Labute approximate surface area is 165 Å². The summed E-state index contributed by atoms with van der Waals surface area (Å²) in [5, 5.41) is 5.09. The second-order valence-corrected chi connectivity index (χ2v) is 9.07. The van der Waals surface area contributed by atoms with Gasteiger partial charge in [-0.15, -0.1) is 23.1 Å². The summed E-state index contributed by atoms with van der Waals surface area (Å²) >= 11 is 4.95. The number of aromatic nitrogens is 2. The molecule has 0 unspecified atom stereocenters. The fourth-order valence-electron chi connectivity index (χ4n) is 3.20. The van der Waals surface area contributed by atoms with Crippen LogP contribution in [0.3, 0.4) is 0 Å². The average molecular weight is 402 g/mol. The summed E-state index contributed by atoms with van der Waals surface area (Å²) in [5.41, 5.74) is 2.25. The molecule has 3 aromatic rings. The number of hydrogen-bond donors (Lipinski definition) is 1. The van der Waals surface area contributed by atoms with E-state index in [2.05, 4.69) is 15.3 Å². The average Bonchev–Trinajstić information content (AvgIpc) is 3.05. The summed E-state index contributed by atoms with van der Waals surface area (Å²) in [6, 6.07) is 7.90.